The quantitative estimate of drug-likeness (QED) is 0.384. The van der Waals surface area contributed by atoms with Crippen molar-refractivity contribution in [3.8, 4) is 29.1 Å². The lowest BCUT2D eigenvalue weighted by molar-refractivity contribution is 0.0926. The van der Waals surface area contributed by atoms with Gasteiger partial charge in [-0.1, -0.05) is 19.9 Å². The van der Waals surface area contributed by atoms with Crippen molar-refractivity contribution in [2.75, 3.05) is 55.6 Å². The van der Waals surface area contributed by atoms with Crippen LogP contribution in [0.4, 0.5) is 0 Å². The maximum atomic E-state index is 12.5. The van der Waals surface area contributed by atoms with Gasteiger partial charge in [-0.2, -0.15) is 5.26 Å². The summed E-state index contributed by atoms with van der Waals surface area (Å²) in [5.74, 6) is 1.87. The summed E-state index contributed by atoms with van der Waals surface area (Å²) in [6.45, 7) is 4.89. The molecule has 208 valence electrons. The molecule has 0 aliphatic carbocycles. The highest BCUT2D eigenvalue weighted by atomic mass is 16.5. The summed E-state index contributed by atoms with van der Waals surface area (Å²) in [6.07, 6.45) is 0.0372. The number of hydrogen-bond donors (Lipinski definition) is 2. The lowest BCUT2D eigenvalue weighted by Gasteiger charge is -2.34. The Hall–Kier alpha value is -3.48. The van der Waals surface area contributed by atoms with Gasteiger partial charge in [0.15, 0.2) is 23.0 Å². The lowest BCUT2D eigenvalue weighted by Crippen LogP contribution is -2.39. The Morgan fingerprint density at radius 1 is 1.03 bits per heavy atom. The number of hydrogen-bond acceptors (Lipinski definition) is 8. The molecular formula is C29H41N3O6. The van der Waals surface area contributed by atoms with Crippen LogP contribution in [0.5, 0.6) is 23.0 Å². The van der Waals surface area contributed by atoms with E-state index < -0.39 is 11.5 Å². The van der Waals surface area contributed by atoms with E-state index >= 15 is 0 Å². The molecule has 2 N–H and O–H groups in total. The lowest BCUT2D eigenvalue weighted by atomic mass is 9.69. The zero-order valence-corrected chi connectivity index (χ0v) is 23.8. The highest BCUT2D eigenvalue weighted by molar-refractivity contribution is 5.96. The third-order valence-electron chi connectivity index (χ3n) is 7.01. The van der Waals surface area contributed by atoms with E-state index in [1.807, 2.05) is 44.0 Å². The molecule has 0 fully saturated rings. The number of aliphatic hydroxyl groups excluding tert-OH is 1. The second kappa shape index (κ2) is 13.9. The topological polar surface area (TPSA) is 113 Å². The third-order valence-corrected chi connectivity index (χ3v) is 7.01. The fourth-order valence-electron chi connectivity index (χ4n) is 4.71. The summed E-state index contributed by atoms with van der Waals surface area (Å²) >= 11 is 0. The van der Waals surface area contributed by atoms with Gasteiger partial charge in [0.25, 0.3) is 5.91 Å². The van der Waals surface area contributed by atoms with Crippen molar-refractivity contribution in [1.29, 1.82) is 5.26 Å². The van der Waals surface area contributed by atoms with Crippen molar-refractivity contribution in [2.45, 2.75) is 38.2 Å². The Morgan fingerprint density at radius 3 is 2.13 bits per heavy atom. The molecule has 0 radical (unpaired) electrons. The molecule has 38 heavy (non-hydrogen) atoms. The molecule has 0 heterocycles. The van der Waals surface area contributed by atoms with E-state index in [1.54, 1.807) is 40.5 Å². The molecule has 1 amide bonds. The molecular weight excluding hydrogens is 486 g/mol. The van der Waals surface area contributed by atoms with Gasteiger partial charge in [-0.15, -0.1) is 0 Å². The van der Waals surface area contributed by atoms with E-state index in [0.29, 0.717) is 48.1 Å². The van der Waals surface area contributed by atoms with Gasteiger partial charge in [-0.25, -0.2) is 0 Å². The van der Waals surface area contributed by atoms with Gasteiger partial charge in [0, 0.05) is 25.7 Å². The Bertz CT molecular complexity index is 1130. The highest BCUT2D eigenvalue weighted by Crippen LogP contribution is 2.40. The summed E-state index contributed by atoms with van der Waals surface area (Å²) in [5, 5.41) is 24.1. The Balaban J connectivity index is 2.21. The van der Waals surface area contributed by atoms with Crippen LogP contribution in [-0.2, 0) is 11.8 Å². The summed E-state index contributed by atoms with van der Waals surface area (Å²) in [6, 6.07) is 11.4. The zero-order valence-electron chi connectivity index (χ0n) is 23.8. The predicted octanol–water partition coefficient (Wildman–Crippen LogP) is 3.42. The molecule has 2 rings (SSSR count). The number of ether oxygens (including phenoxy) is 4. The van der Waals surface area contributed by atoms with Crippen LogP contribution in [0.1, 0.15) is 41.8 Å². The van der Waals surface area contributed by atoms with Crippen LogP contribution in [0.15, 0.2) is 30.3 Å². The Labute approximate surface area is 226 Å². The van der Waals surface area contributed by atoms with Crippen LogP contribution < -0.4 is 24.3 Å². The van der Waals surface area contributed by atoms with Crippen molar-refractivity contribution in [3.05, 3.63) is 47.0 Å². The van der Waals surface area contributed by atoms with Crippen LogP contribution in [0.3, 0.4) is 0 Å². The summed E-state index contributed by atoms with van der Waals surface area (Å²) in [7, 11) is 9.70. The maximum Gasteiger partial charge on any atom is 0.251 e. The van der Waals surface area contributed by atoms with Crippen molar-refractivity contribution < 1.29 is 28.8 Å². The number of likely N-dealkylation sites (N-methyl/N-ethyl adjacent to an activating group) is 1. The van der Waals surface area contributed by atoms with Gasteiger partial charge in [0.2, 0.25) is 0 Å². The molecule has 2 atom stereocenters. The molecule has 0 aliphatic heterocycles. The number of methoxy groups -OCH3 is 4. The van der Waals surface area contributed by atoms with Gasteiger partial charge in [-0.05, 0) is 61.2 Å². The number of carbonyl (C=O) groups excluding carboxylic acids is 1. The van der Waals surface area contributed by atoms with E-state index in [1.165, 1.54) is 7.11 Å². The van der Waals surface area contributed by atoms with Crippen LogP contribution >= 0.6 is 0 Å². The summed E-state index contributed by atoms with van der Waals surface area (Å²) in [5.41, 5.74) is 1.17. The minimum Gasteiger partial charge on any atom is -0.493 e. The fraction of sp³-hybridized carbons (Fsp3) is 0.517. The first-order valence-electron chi connectivity index (χ1n) is 12.6. The number of nitriles is 1. The average molecular weight is 528 g/mol. The fourth-order valence-corrected chi connectivity index (χ4v) is 4.71. The molecule has 9 heteroatoms. The van der Waals surface area contributed by atoms with Gasteiger partial charge in [-0.3, -0.25) is 4.79 Å². The smallest absolute Gasteiger partial charge is 0.251 e. The molecule has 2 aromatic rings. The van der Waals surface area contributed by atoms with Crippen LogP contribution in [0.2, 0.25) is 0 Å². The maximum absolute atomic E-state index is 12.5. The van der Waals surface area contributed by atoms with Crippen molar-refractivity contribution in [1.82, 2.24) is 10.2 Å². The van der Waals surface area contributed by atoms with Crippen LogP contribution in [0, 0.1) is 17.2 Å². The minimum atomic E-state index is -0.921. The van der Waals surface area contributed by atoms with Crippen molar-refractivity contribution in [3.63, 3.8) is 0 Å². The van der Waals surface area contributed by atoms with Crippen LogP contribution in [-0.4, -0.2) is 77.6 Å². The van der Waals surface area contributed by atoms with E-state index in [2.05, 4.69) is 11.4 Å². The molecule has 9 nitrogen and oxygen atoms in total. The highest BCUT2D eigenvalue weighted by Gasteiger charge is 2.39. The van der Waals surface area contributed by atoms with Gasteiger partial charge >= 0.3 is 0 Å². The number of amides is 1. The number of nitrogens with one attached hydrogen (secondary N) is 1. The van der Waals surface area contributed by atoms with E-state index in [9.17, 15) is 15.2 Å². The third kappa shape index (κ3) is 6.88. The molecule has 0 saturated carbocycles. The first-order valence-corrected chi connectivity index (χ1v) is 12.6. The van der Waals surface area contributed by atoms with Gasteiger partial charge in [0.05, 0.1) is 46.0 Å². The van der Waals surface area contributed by atoms with Gasteiger partial charge < -0.3 is 34.3 Å². The zero-order chi connectivity index (χ0) is 28.5. The van der Waals surface area contributed by atoms with Crippen molar-refractivity contribution in [2.24, 2.45) is 5.92 Å². The second-order valence-corrected chi connectivity index (χ2v) is 9.62. The summed E-state index contributed by atoms with van der Waals surface area (Å²) in [4.78, 5) is 14.5. The largest absolute Gasteiger partial charge is 0.493 e. The van der Waals surface area contributed by atoms with Crippen LogP contribution in [0.25, 0.3) is 0 Å². The number of carbonyl (C=O) groups is 1. The van der Waals surface area contributed by atoms with E-state index in [4.69, 9.17) is 18.9 Å². The normalized spacial score (nSPS) is 13.4. The van der Waals surface area contributed by atoms with E-state index in [-0.39, 0.29) is 18.2 Å². The molecule has 0 bridgehead atoms. The molecule has 2 aromatic carbocycles. The molecule has 0 aromatic heterocycles. The second-order valence-electron chi connectivity index (χ2n) is 9.62. The standard InChI is InChI=1S/C29H41N3O6/c1-19(2)29(18-30,21-9-10-24(35-5)26(14-21)37-7)16-22(33)17-32(4)12-11-20-13-25(36-6)27(38-8)15-23(20)28(34)31-3/h9-10,13-15,19,22,33H,11-12,16-17H2,1-8H3,(H,31,34). The number of rotatable bonds is 14. The number of nitrogens with zero attached hydrogens (tertiary/aromatic N) is 2. The summed E-state index contributed by atoms with van der Waals surface area (Å²) < 4.78 is 21.6. The Morgan fingerprint density at radius 2 is 1.61 bits per heavy atom. The molecule has 0 saturated heterocycles. The molecule has 0 spiro atoms. The Kier molecular flexibility index (Phi) is 11.2. The van der Waals surface area contributed by atoms with Gasteiger partial charge in [0.1, 0.15) is 0 Å². The first-order chi connectivity index (χ1) is 18.1. The minimum absolute atomic E-state index is 0.0626. The monoisotopic (exact) mass is 527 g/mol. The first kappa shape index (κ1) is 30.7. The predicted molar refractivity (Wildman–Crippen MR) is 146 cm³/mol. The molecule has 2 unspecified atom stereocenters. The van der Waals surface area contributed by atoms with Crippen molar-refractivity contribution >= 4 is 5.91 Å². The molecule has 0 aliphatic rings. The number of benzene rings is 2. The SMILES string of the molecule is CNC(=O)c1cc(OC)c(OC)cc1CCN(C)CC(O)CC(C#N)(c1ccc(OC)c(OC)c1)C(C)C. The van der Waals surface area contributed by atoms with E-state index in [0.717, 1.165) is 11.1 Å². The number of aliphatic hydroxyl groups is 1. The average Bonchev–Trinajstić information content (AvgIpc) is 2.93.